The summed E-state index contributed by atoms with van der Waals surface area (Å²) in [6, 6.07) is 116. The number of halogens is 4. The molecule has 13 aromatic carbocycles. The molecule has 0 saturated carbocycles. The predicted molar refractivity (Wildman–Crippen MR) is 424 cm³/mol. The van der Waals surface area contributed by atoms with E-state index in [0.717, 1.165) is 102 Å². The second-order valence-electron chi connectivity index (χ2n) is 24.9. The number of nitrogens with zero attached hydrogens (tertiary/aromatic N) is 10. The number of anilines is 12. The first-order valence-electron chi connectivity index (χ1n) is 34.1. The van der Waals surface area contributed by atoms with Crippen LogP contribution in [-0.2, 0) is 0 Å². The van der Waals surface area contributed by atoms with Gasteiger partial charge in [0.05, 0.1) is 46.8 Å². The first-order valence-corrected chi connectivity index (χ1v) is 34.1. The maximum absolute atomic E-state index is 13.6. The van der Waals surface area contributed by atoms with Crippen LogP contribution in [-0.4, -0.2) is 9.97 Å². The molecule has 14 heteroatoms. The van der Waals surface area contributed by atoms with E-state index < -0.39 is 45.1 Å². The Morgan fingerprint density at radius 1 is 0.299 bits per heavy atom. The summed E-state index contributed by atoms with van der Waals surface area (Å²) < 4.78 is 54.6. The first kappa shape index (κ1) is 70.7. The number of aromatic nitrogens is 2. The van der Waals surface area contributed by atoms with Crippen molar-refractivity contribution in [2.75, 3.05) is 19.6 Å². The van der Waals surface area contributed by atoms with Gasteiger partial charge >= 0.3 is 0 Å². The van der Waals surface area contributed by atoms with Crippen LogP contribution >= 0.6 is 0 Å². The Kier molecular flexibility index (Phi) is 21.5. The summed E-state index contributed by atoms with van der Waals surface area (Å²) in [5, 5.41) is 16.3. The van der Waals surface area contributed by atoms with Crippen LogP contribution in [0.3, 0.4) is 0 Å². The smallest absolute Gasteiger partial charge is 0.275 e. The minimum atomic E-state index is -2.01. The van der Waals surface area contributed by atoms with Crippen LogP contribution in [0.4, 0.5) is 85.8 Å². The number of para-hydroxylation sites is 3. The van der Waals surface area contributed by atoms with Gasteiger partial charge in [-0.1, -0.05) is 164 Å². The molecule has 0 saturated heterocycles. The van der Waals surface area contributed by atoms with Gasteiger partial charge in [-0.15, -0.1) is 0 Å². The summed E-state index contributed by atoms with van der Waals surface area (Å²) in [5.74, 6) is -8.04. The number of nitriles is 2. The van der Waals surface area contributed by atoms with E-state index in [0.29, 0.717) is 0 Å². The molecule has 2 heterocycles. The molecule has 0 aliphatic carbocycles. The zero-order valence-corrected chi connectivity index (χ0v) is 58.2. The molecule has 0 atom stereocenters. The zero-order chi connectivity index (χ0) is 74.3. The predicted octanol–water partition coefficient (Wildman–Crippen LogP) is 24.0. The van der Waals surface area contributed by atoms with E-state index in [9.17, 15) is 17.6 Å². The monoisotopic (exact) mass is 1400 g/mol. The summed E-state index contributed by atoms with van der Waals surface area (Å²) in [4.78, 5) is 23.5. The molecule has 0 N–H and O–H groups in total. The molecule has 514 valence electrons. The summed E-state index contributed by atoms with van der Waals surface area (Å²) in [7, 11) is 0. The highest BCUT2D eigenvalue weighted by molar-refractivity contribution is 6.11. The number of hydrogen-bond acceptors (Lipinski definition) is 8. The van der Waals surface area contributed by atoms with Crippen molar-refractivity contribution >= 4 is 101 Å². The molecular formula is C93H64F4N10. The summed E-state index contributed by atoms with van der Waals surface area (Å²) in [6.45, 7) is 19.5. The van der Waals surface area contributed by atoms with Crippen LogP contribution in [0.2, 0.25) is 0 Å². The molecule has 0 spiro atoms. The van der Waals surface area contributed by atoms with Crippen LogP contribution in [0, 0.1) is 79.8 Å². The third-order valence-corrected chi connectivity index (χ3v) is 17.9. The topological polar surface area (TPSA) is 95.0 Å². The van der Waals surface area contributed by atoms with E-state index in [1.165, 1.54) is 38.9 Å². The molecule has 2 aromatic heterocycles. The molecule has 0 bridgehead atoms. The highest BCUT2D eigenvalue weighted by Gasteiger charge is 2.24. The fourth-order valence-electron chi connectivity index (χ4n) is 13.0. The van der Waals surface area contributed by atoms with E-state index >= 15 is 0 Å². The minimum absolute atomic E-state index is 0.946. The summed E-state index contributed by atoms with van der Waals surface area (Å²) >= 11 is 0. The minimum Gasteiger partial charge on any atom is -0.310 e. The molecule has 10 nitrogen and oxygen atoms in total. The van der Waals surface area contributed by atoms with Crippen LogP contribution in [0.5, 0.6) is 0 Å². The van der Waals surface area contributed by atoms with E-state index in [-0.39, 0.29) is 0 Å². The zero-order valence-electron chi connectivity index (χ0n) is 58.2. The summed E-state index contributed by atoms with van der Waals surface area (Å²) in [6.07, 6.45) is 3.75. The fourth-order valence-corrected chi connectivity index (χ4v) is 13.0. The SMILES string of the molecule is Cc1cccc(N(c2ccccc2)c2ccc(N(c3ccc(N(c4ccccc4)c4cccc(C)c4)cc3)c3ccc(N(c4ccccc4)c4cccc(C)c4)cc3)cc2)c1.[C-]#[N+]C(C#N)=c1c(F)c(F)c(=C(C#N)[N+]#[C-])c(F)c1F.c1ccc(-c2ccnc3c2ccc2c(-c4ccccc4)ccnc23)cc1. The Labute approximate surface area is 618 Å². The molecule has 0 radical (unpaired) electrons. The second kappa shape index (κ2) is 32.5. The quantitative estimate of drug-likeness (QED) is 0.0460. The maximum atomic E-state index is 13.6. The highest BCUT2D eigenvalue weighted by atomic mass is 19.2. The van der Waals surface area contributed by atoms with Crippen molar-refractivity contribution in [2.24, 2.45) is 0 Å². The van der Waals surface area contributed by atoms with Crippen LogP contribution in [0.1, 0.15) is 16.7 Å². The van der Waals surface area contributed by atoms with E-state index in [2.05, 4.69) is 369 Å². The lowest BCUT2D eigenvalue weighted by Crippen LogP contribution is -2.30. The molecule has 0 unspecified atom stereocenters. The lowest BCUT2D eigenvalue weighted by Gasteiger charge is -2.30. The Hall–Kier alpha value is -14.7. The second-order valence-corrected chi connectivity index (χ2v) is 24.9. The number of pyridine rings is 2. The average Bonchev–Trinajstić information content (AvgIpc) is 0.764. The van der Waals surface area contributed by atoms with Gasteiger partial charge in [0.2, 0.25) is 0 Å². The molecule has 0 aliphatic heterocycles. The van der Waals surface area contributed by atoms with Crippen LogP contribution in [0.15, 0.2) is 334 Å². The van der Waals surface area contributed by atoms with Crippen molar-refractivity contribution in [3.8, 4) is 34.4 Å². The van der Waals surface area contributed by atoms with Gasteiger partial charge in [0.25, 0.3) is 11.4 Å². The Bertz CT molecular complexity index is 5470. The van der Waals surface area contributed by atoms with Gasteiger partial charge in [0.15, 0.2) is 23.3 Å². The van der Waals surface area contributed by atoms with E-state index in [1.807, 2.05) is 24.5 Å². The van der Waals surface area contributed by atoms with Gasteiger partial charge in [-0.25, -0.2) is 37.8 Å². The number of hydrogen-bond donors (Lipinski definition) is 0. The van der Waals surface area contributed by atoms with Gasteiger partial charge in [-0.2, -0.15) is 0 Å². The average molecular weight is 1400 g/mol. The van der Waals surface area contributed by atoms with Gasteiger partial charge in [0, 0.05) is 91.4 Å². The molecule has 15 aromatic rings. The van der Waals surface area contributed by atoms with Crippen molar-refractivity contribution in [1.29, 1.82) is 10.5 Å². The molecule has 15 rings (SSSR count). The number of fused-ring (bicyclic) bond motifs is 3. The molecular weight excluding hydrogens is 1330 g/mol. The van der Waals surface area contributed by atoms with Gasteiger partial charge in [-0.3, -0.25) is 9.97 Å². The van der Waals surface area contributed by atoms with Crippen molar-refractivity contribution < 1.29 is 17.6 Å². The molecule has 0 fully saturated rings. The van der Waals surface area contributed by atoms with Crippen LogP contribution < -0.4 is 30.0 Å². The lowest BCUT2D eigenvalue weighted by atomic mass is 9.97. The normalized spacial score (nSPS) is 10.5. The van der Waals surface area contributed by atoms with Gasteiger partial charge in [0.1, 0.15) is 0 Å². The largest absolute Gasteiger partial charge is 0.310 e. The Morgan fingerprint density at radius 2 is 0.533 bits per heavy atom. The van der Waals surface area contributed by atoms with Crippen molar-refractivity contribution in [2.45, 2.75) is 20.8 Å². The Balaban J connectivity index is 0.000000179. The molecule has 107 heavy (non-hydrogen) atoms. The summed E-state index contributed by atoms with van der Waals surface area (Å²) in [5.41, 5.74) is 21.0. The molecule has 0 aliphatic rings. The third kappa shape index (κ3) is 15.3. The van der Waals surface area contributed by atoms with E-state index in [4.69, 9.17) is 23.7 Å². The van der Waals surface area contributed by atoms with Crippen molar-refractivity contribution in [1.82, 2.24) is 9.97 Å². The lowest BCUT2D eigenvalue weighted by molar-refractivity contribution is 0.434. The Morgan fingerprint density at radius 3 is 0.776 bits per heavy atom. The number of benzene rings is 13. The molecule has 0 amide bonds. The van der Waals surface area contributed by atoms with Crippen molar-refractivity contribution in [3.05, 3.63) is 407 Å². The van der Waals surface area contributed by atoms with Crippen molar-refractivity contribution in [3.63, 3.8) is 0 Å². The van der Waals surface area contributed by atoms with E-state index in [1.54, 1.807) is 0 Å². The number of rotatable bonds is 14. The highest BCUT2D eigenvalue weighted by Crippen LogP contribution is 2.44. The fraction of sp³-hybridized carbons (Fsp3) is 0.0323. The maximum Gasteiger partial charge on any atom is 0.275 e. The van der Waals surface area contributed by atoms with Gasteiger partial charge < -0.3 is 19.6 Å². The number of aryl methyl sites for hydroxylation is 3. The van der Waals surface area contributed by atoms with Crippen LogP contribution in [0.25, 0.3) is 65.1 Å². The third-order valence-electron chi connectivity index (χ3n) is 17.9. The first-order chi connectivity index (χ1) is 52.3. The van der Waals surface area contributed by atoms with Gasteiger partial charge in [-0.05, 0) is 217 Å². The standard InChI is InChI=1S/C57H48N4.C24H16N2.C12F4N4/c1-43-16-13-25-55(40-43)59(46-19-7-4-8-20-46)52-34-28-49(29-35-52)58(50-30-36-53(37-31-50)60(47-21-9-5-10-22-47)56-26-14-17-44(2)41-56)51-32-38-54(39-33-51)61(48-23-11-6-12-24-48)57-27-15-18-45(3)42-57;1-3-7-17(8-4-1)19-13-15-25-23-21(19)11-12-22-20(14-16-26-24(22)23)18-9-5-2-6-10-18;1-19-5(3-17)7-9(13)11(15)8(6(4-18)20-2)12(16)10(7)14/h4-42H,1-3H3;1-16H;.